The first-order valence-corrected chi connectivity index (χ1v) is 8.12. The van der Waals surface area contributed by atoms with Crippen LogP contribution in [0.4, 0.5) is 0 Å². The molecule has 1 heterocycles. The van der Waals surface area contributed by atoms with Gasteiger partial charge in [0.1, 0.15) is 0 Å². The van der Waals surface area contributed by atoms with Gasteiger partial charge in [-0.15, -0.1) is 0 Å². The molecule has 0 bridgehead atoms. The molecule has 1 saturated heterocycles. The lowest BCUT2D eigenvalue weighted by molar-refractivity contribution is 0.0546. The highest BCUT2D eigenvalue weighted by atomic mass is 15.2. The van der Waals surface area contributed by atoms with Gasteiger partial charge in [0, 0.05) is 11.6 Å². The standard InChI is InChI=1S/C18H30N2/c1-4-18(3,20-11-6-5-7-12-20)17(19)14-16-10-8-9-15(2)13-16/h8-10,13,17H,4-7,11-12,14,19H2,1-3H3. The number of aryl methyl sites for hydroxylation is 1. The van der Waals surface area contributed by atoms with Gasteiger partial charge in [-0.3, -0.25) is 4.90 Å². The maximum Gasteiger partial charge on any atom is 0.0332 e. The van der Waals surface area contributed by atoms with Crippen molar-refractivity contribution in [3.63, 3.8) is 0 Å². The van der Waals surface area contributed by atoms with E-state index >= 15 is 0 Å². The molecule has 2 atom stereocenters. The van der Waals surface area contributed by atoms with Crippen LogP contribution in [0, 0.1) is 6.92 Å². The van der Waals surface area contributed by atoms with Gasteiger partial charge in [0.05, 0.1) is 0 Å². The van der Waals surface area contributed by atoms with Crippen LogP contribution in [0.1, 0.15) is 50.7 Å². The summed E-state index contributed by atoms with van der Waals surface area (Å²) in [4.78, 5) is 2.64. The van der Waals surface area contributed by atoms with E-state index in [9.17, 15) is 0 Å². The Morgan fingerprint density at radius 2 is 1.95 bits per heavy atom. The van der Waals surface area contributed by atoms with Gasteiger partial charge in [-0.25, -0.2) is 0 Å². The molecule has 2 N–H and O–H groups in total. The van der Waals surface area contributed by atoms with Crippen molar-refractivity contribution in [3.05, 3.63) is 35.4 Å². The van der Waals surface area contributed by atoms with Crippen molar-refractivity contribution in [1.82, 2.24) is 4.90 Å². The summed E-state index contributed by atoms with van der Waals surface area (Å²) in [5.41, 5.74) is 9.46. The zero-order chi connectivity index (χ0) is 14.6. The van der Waals surface area contributed by atoms with E-state index in [0.717, 1.165) is 12.8 Å². The van der Waals surface area contributed by atoms with Crippen LogP contribution in [0.3, 0.4) is 0 Å². The van der Waals surface area contributed by atoms with Crippen LogP contribution in [-0.4, -0.2) is 29.6 Å². The monoisotopic (exact) mass is 274 g/mol. The molecule has 0 aromatic heterocycles. The first kappa shape index (κ1) is 15.5. The molecule has 1 aromatic carbocycles. The largest absolute Gasteiger partial charge is 0.326 e. The second-order valence-electron chi connectivity index (χ2n) is 6.56. The van der Waals surface area contributed by atoms with Gasteiger partial charge in [-0.1, -0.05) is 43.2 Å². The van der Waals surface area contributed by atoms with Crippen molar-refractivity contribution in [2.75, 3.05) is 13.1 Å². The second kappa shape index (κ2) is 6.73. The number of likely N-dealkylation sites (tertiary alicyclic amines) is 1. The van der Waals surface area contributed by atoms with Gasteiger partial charge in [-0.05, 0) is 58.2 Å². The first-order chi connectivity index (χ1) is 9.56. The number of benzene rings is 1. The molecule has 1 aliphatic heterocycles. The molecule has 0 radical (unpaired) electrons. The van der Waals surface area contributed by atoms with E-state index in [0.29, 0.717) is 0 Å². The van der Waals surface area contributed by atoms with Crippen LogP contribution < -0.4 is 5.73 Å². The molecule has 2 nitrogen and oxygen atoms in total. The average molecular weight is 274 g/mol. The van der Waals surface area contributed by atoms with Crippen molar-refractivity contribution < 1.29 is 0 Å². The van der Waals surface area contributed by atoms with Gasteiger partial charge >= 0.3 is 0 Å². The van der Waals surface area contributed by atoms with Crippen LogP contribution in [0.2, 0.25) is 0 Å². The van der Waals surface area contributed by atoms with Crippen molar-refractivity contribution in [2.24, 2.45) is 5.73 Å². The molecule has 2 rings (SSSR count). The Hall–Kier alpha value is -0.860. The van der Waals surface area contributed by atoms with Crippen molar-refractivity contribution in [2.45, 2.75) is 64.5 Å². The van der Waals surface area contributed by atoms with E-state index in [-0.39, 0.29) is 11.6 Å². The maximum atomic E-state index is 6.63. The van der Waals surface area contributed by atoms with Gasteiger partial charge in [0.15, 0.2) is 0 Å². The quantitative estimate of drug-likeness (QED) is 0.890. The number of nitrogens with zero attached hydrogens (tertiary/aromatic N) is 1. The molecular formula is C18H30N2. The number of rotatable bonds is 5. The van der Waals surface area contributed by atoms with E-state index < -0.39 is 0 Å². The third-order valence-corrected chi connectivity index (χ3v) is 5.13. The molecule has 1 fully saturated rings. The smallest absolute Gasteiger partial charge is 0.0332 e. The Morgan fingerprint density at radius 3 is 2.55 bits per heavy atom. The van der Waals surface area contributed by atoms with E-state index in [2.05, 4.69) is 49.9 Å². The second-order valence-corrected chi connectivity index (χ2v) is 6.56. The van der Waals surface area contributed by atoms with Crippen LogP contribution in [0.5, 0.6) is 0 Å². The molecule has 0 amide bonds. The van der Waals surface area contributed by atoms with Gasteiger partial charge in [-0.2, -0.15) is 0 Å². The minimum Gasteiger partial charge on any atom is -0.326 e. The average Bonchev–Trinajstić information content (AvgIpc) is 2.47. The minimum atomic E-state index is 0.129. The molecule has 0 saturated carbocycles. The van der Waals surface area contributed by atoms with Crippen molar-refractivity contribution in [3.8, 4) is 0 Å². The Bertz CT molecular complexity index is 423. The number of hydrogen-bond donors (Lipinski definition) is 1. The predicted molar refractivity (Wildman–Crippen MR) is 87.0 cm³/mol. The molecule has 1 aromatic rings. The highest BCUT2D eigenvalue weighted by Gasteiger charge is 2.36. The molecule has 1 aliphatic rings. The van der Waals surface area contributed by atoms with Gasteiger partial charge in [0.2, 0.25) is 0 Å². The summed E-state index contributed by atoms with van der Waals surface area (Å²) < 4.78 is 0. The summed E-state index contributed by atoms with van der Waals surface area (Å²) in [6.45, 7) is 9.22. The van der Waals surface area contributed by atoms with E-state index in [1.165, 1.54) is 43.5 Å². The molecule has 2 heteroatoms. The highest BCUT2D eigenvalue weighted by molar-refractivity contribution is 5.23. The van der Waals surface area contributed by atoms with E-state index in [1.54, 1.807) is 0 Å². The fraction of sp³-hybridized carbons (Fsp3) is 0.667. The van der Waals surface area contributed by atoms with Crippen molar-refractivity contribution in [1.29, 1.82) is 0 Å². The summed E-state index contributed by atoms with van der Waals surface area (Å²) in [5.74, 6) is 0. The molecule has 112 valence electrons. The van der Waals surface area contributed by atoms with Crippen LogP contribution in [0.25, 0.3) is 0 Å². The summed E-state index contributed by atoms with van der Waals surface area (Å²) in [5, 5.41) is 0. The van der Waals surface area contributed by atoms with Crippen LogP contribution in [0.15, 0.2) is 24.3 Å². The third kappa shape index (κ3) is 3.42. The van der Waals surface area contributed by atoms with E-state index in [4.69, 9.17) is 5.73 Å². The SMILES string of the molecule is CCC(C)(C(N)Cc1cccc(C)c1)N1CCCCC1. The maximum absolute atomic E-state index is 6.63. The lowest BCUT2D eigenvalue weighted by atomic mass is 9.83. The van der Waals surface area contributed by atoms with Crippen LogP contribution in [-0.2, 0) is 6.42 Å². The summed E-state index contributed by atoms with van der Waals surface area (Å²) in [7, 11) is 0. The lowest BCUT2D eigenvalue weighted by Crippen LogP contribution is -2.59. The fourth-order valence-electron chi connectivity index (χ4n) is 3.44. The number of nitrogens with two attached hydrogens (primary N) is 1. The zero-order valence-electron chi connectivity index (χ0n) is 13.4. The highest BCUT2D eigenvalue weighted by Crippen LogP contribution is 2.28. The third-order valence-electron chi connectivity index (χ3n) is 5.13. The van der Waals surface area contributed by atoms with Crippen LogP contribution >= 0.6 is 0 Å². The Labute approximate surface area is 124 Å². The summed E-state index contributed by atoms with van der Waals surface area (Å²) in [6, 6.07) is 8.97. The van der Waals surface area contributed by atoms with Gasteiger partial charge in [0.25, 0.3) is 0 Å². The Balaban J connectivity index is 2.09. The summed E-state index contributed by atoms with van der Waals surface area (Å²) >= 11 is 0. The number of piperidine rings is 1. The molecular weight excluding hydrogens is 244 g/mol. The fourth-order valence-corrected chi connectivity index (χ4v) is 3.44. The lowest BCUT2D eigenvalue weighted by Gasteiger charge is -2.47. The molecule has 2 unspecified atom stereocenters. The van der Waals surface area contributed by atoms with Gasteiger partial charge < -0.3 is 5.73 Å². The first-order valence-electron chi connectivity index (χ1n) is 8.12. The van der Waals surface area contributed by atoms with E-state index in [1.807, 2.05) is 0 Å². The molecule has 0 aliphatic carbocycles. The minimum absolute atomic E-state index is 0.129. The Morgan fingerprint density at radius 1 is 1.25 bits per heavy atom. The normalized spacial score (nSPS) is 21.4. The number of hydrogen-bond acceptors (Lipinski definition) is 2. The zero-order valence-corrected chi connectivity index (χ0v) is 13.4. The Kier molecular flexibility index (Phi) is 5.22. The topological polar surface area (TPSA) is 29.3 Å². The molecule has 20 heavy (non-hydrogen) atoms. The molecule has 0 spiro atoms. The predicted octanol–water partition coefficient (Wildman–Crippen LogP) is 3.52. The van der Waals surface area contributed by atoms with Crippen molar-refractivity contribution >= 4 is 0 Å². The summed E-state index contributed by atoms with van der Waals surface area (Å²) in [6.07, 6.45) is 6.13.